The molecule has 0 aliphatic heterocycles. The molecule has 0 saturated heterocycles. The van der Waals surface area contributed by atoms with E-state index >= 15 is 0 Å². The van der Waals surface area contributed by atoms with E-state index in [0.29, 0.717) is 0 Å². The molecular formula is H5N2O5P. The van der Waals surface area contributed by atoms with Crippen LogP contribution in [0.15, 0.2) is 5.29 Å². The zero-order valence-electron chi connectivity index (χ0n) is 3.63. The van der Waals surface area contributed by atoms with Crippen molar-refractivity contribution in [2.75, 3.05) is 0 Å². The predicted molar refractivity (Wildman–Crippen MR) is 24.2 cm³/mol. The molecule has 0 amide bonds. The fourth-order valence-electron chi connectivity index (χ4n) is 0. The summed E-state index contributed by atoms with van der Waals surface area (Å²) in [7, 11) is -4.64. The first-order chi connectivity index (χ1) is 3.41. The average molecular weight is 144 g/mol. The second kappa shape index (κ2) is 4.66. The van der Waals surface area contributed by atoms with Gasteiger partial charge in [0.05, 0.1) is 0 Å². The number of nitrogens with two attached hydrogens (primary N) is 1. The molecule has 0 fully saturated rings. The van der Waals surface area contributed by atoms with Crippen LogP contribution in [-0.2, 0) is 4.57 Å². The second-order valence-corrected chi connectivity index (χ2v) is 1.65. The summed E-state index contributed by atoms with van der Waals surface area (Å²) in [4.78, 5) is 29.9. The monoisotopic (exact) mass is 144 g/mol. The molecule has 8 heteroatoms. The van der Waals surface area contributed by atoms with Crippen LogP contribution in [-0.4, -0.2) is 14.7 Å². The van der Waals surface area contributed by atoms with E-state index in [1.165, 1.54) is 0 Å². The van der Waals surface area contributed by atoms with Crippen molar-refractivity contribution in [1.29, 1.82) is 0 Å². The third kappa shape index (κ3) is 467. The van der Waals surface area contributed by atoms with Gasteiger partial charge in [0.1, 0.15) is 0 Å². The minimum Gasteiger partial charge on any atom is -0.303 e. The van der Waals surface area contributed by atoms with Crippen molar-refractivity contribution >= 4 is 7.82 Å². The maximum atomic E-state index is 8.88. The highest BCUT2D eigenvalue weighted by Gasteiger charge is 2.00. The lowest BCUT2D eigenvalue weighted by Gasteiger charge is -1.82. The third-order valence-corrected chi connectivity index (χ3v) is 0. The van der Waals surface area contributed by atoms with Crippen molar-refractivity contribution in [3.8, 4) is 0 Å². The molecule has 0 heterocycles. The van der Waals surface area contributed by atoms with Gasteiger partial charge in [-0.3, -0.25) is 5.84 Å². The summed E-state index contributed by atoms with van der Waals surface area (Å²) >= 11 is 0. The molecule has 0 aromatic carbocycles. The van der Waals surface area contributed by atoms with E-state index in [4.69, 9.17) is 24.2 Å². The van der Waals surface area contributed by atoms with E-state index in [0.717, 1.165) is 0 Å². The molecule has 0 aliphatic rings. The minimum atomic E-state index is -4.64. The van der Waals surface area contributed by atoms with Crippen LogP contribution in [0, 0.1) is 4.91 Å². The summed E-state index contributed by atoms with van der Waals surface area (Å²) in [5, 5.41) is 1.75. The Labute approximate surface area is 44.3 Å². The molecule has 50 valence electrons. The highest BCUT2D eigenvalue weighted by Crippen LogP contribution is 2.25. The van der Waals surface area contributed by atoms with Gasteiger partial charge < -0.3 is 14.7 Å². The standard InChI is InChI=1S/H2N2O.H3O4P/c1-2-3;1-5(2,3)4/h(H2,1,3);(H3,1,2,3,4). The van der Waals surface area contributed by atoms with Gasteiger partial charge in [-0.2, -0.15) is 0 Å². The predicted octanol–water partition coefficient (Wildman–Crippen LogP) is -1.30. The maximum absolute atomic E-state index is 8.88. The molecule has 5 N–H and O–H groups in total. The fourth-order valence-corrected chi connectivity index (χ4v) is 0. The number of nitroso groups, excluding NO2 is 1. The number of hydrogen-bond donors (Lipinski definition) is 4. The Balaban J connectivity index is 0. The number of nitrogens with zero attached hydrogens (tertiary/aromatic N) is 1. The molecule has 8 heavy (non-hydrogen) atoms. The van der Waals surface area contributed by atoms with Gasteiger partial charge in [-0.15, -0.1) is 4.91 Å². The topological polar surface area (TPSA) is 133 Å². The van der Waals surface area contributed by atoms with E-state index in [2.05, 4.69) is 5.84 Å². The number of phosphoric acid groups is 1. The Morgan fingerprint density at radius 1 is 1.38 bits per heavy atom. The normalized spacial score (nSPS) is 8.88. The lowest BCUT2D eigenvalue weighted by atomic mass is 12.9. The average Bonchev–Trinajstić information content (AvgIpc) is 1.27. The lowest BCUT2D eigenvalue weighted by molar-refractivity contribution is 0.275. The summed E-state index contributed by atoms with van der Waals surface area (Å²) in [6.45, 7) is 0. The van der Waals surface area contributed by atoms with Crippen LogP contribution in [0.25, 0.3) is 0 Å². The van der Waals surface area contributed by atoms with E-state index in [-0.39, 0.29) is 0 Å². The molecule has 0 aromatic rings. The van der Waals surface area contributed by atoms with Gasteiger partial charge >= 0.3 is 7.82 Å². The van der Waals surface area contributed by atoms with E-state index in [9.17, 15) is 0 Å². The molecule has 0 atom stereocenters. The van der Waals surface area contributed by atoms with Gasteiger partial charge in [0.25, 0.3) is 0 Å². The quantitative estimate of drug-likeness (QED) is 0.144. The SMILES string of the molecule is NN=O.O=P(O)(O)O. The molecule has 0 rings (SSSR count). The summed E-state index contributed by atoms with van der Waals surface area (Å²) in [5.41, 5.74) is 0. The van der Waals surface area contributed by atoms with Gasteiger partial charge in [-0.1, -0.05) is 0 Å². The van der Waals surface area contributed by atoms with Crippen molar-refractivity contribution in [2.24, 2.45) is 11.1 Å². The molecule has 0 radical (unpaired) electrons. The largest absolute Gasteiger partial charge is 0.466 e. The Hall–Kier alpha value is -0.490. The van der Waals surface area contributed by atoms with Gasteiger partial charge in [0.15, 0.2) is 0 Å². The number of rotatable bonds is 0. The molecule has 0 aliphatic carbocycles. The summed E-state index contributed by atoms with van der Waals surface area (Å²) < 4.78 is 8.88. The first-order valence-corrected chi connectivity index (χ1v) is 2.79. The zero-order chi connectivity index (χ0) is 7.21. The maximum Gasteiger partial charge on any atom is 0.466 e. The Morgan fingerprint density at radius 2 is 1.38 bits per heavy atom. The van der Waals surface area contributed by atoms with Gasteiger partial charge in [-0.25, -0.2) is 4.57 Å². The zero-order valence-corrected chi connectivity index (χ0v) is 4.52. The third-order valence-electron chi connectivity index (χ3n) is 0. The van der Waals surface area contributed by atoms with E-state index < -0.39 is 7.82 Å². The van der Waals surface area contributed by atoms with Gasteiger partial charge in [-0.05, 0) is 0 Å². The molecule has 0 saturated carbocycles. The first kappa shape index (κ1) is 10.5. The fraction of sp³-hybridized carbons (Fsp3) is 0. The van der Waals surface area contributed by atoms with Crippen LogP contribution in [0.4, 0.5) is 0 Å². The molecular weight excluding hydrogens is 139 g/mol. The minimum absolute atomic E-state index is 1.75. The van der Waals surface area contributed by atoms with E-state index in [1.54, 1.807) is 5.29 Å². The molecule has 7 nitrogen and oxygen atoms in total. The van der Waals surface area contributed by atoms with Crippen LogP contribution >= 0.6 is 7.82 Å². The van der Waals surface area contributed by atoms with Crippen LogP contribution in [0.1, 0.15) is 0 Å². The van der Waals surface area contributed by atoms with E-state index in [1.807, 2.05) is 0 Å². The second-order valence-electron chi connectivity index (χ2n) is 0.619. The van der Waals surface area contributed by atoms with Crippen LogP contribution in [0.3, 0.4) is 0 Å². The molecule has 0 unspecified atom stereocenters. The van der Waals surface area contributed by atoms with Gasteiger partial charge in [0.2, 0.25) is 0 Å². The Bertz CT molecular complexity index is 84.3. The smallest absolute Gasteiger partial charge is 0.303 e. The molecule has 0 spiro atoms. The molecule has 0 aromatic heterocycles. The van der Waals surface area contributed by atoms with Crippen LogP contribution in [0.5, 0.6) is 0 Å². The first-order valence-electron chi connectivity index (χ1n) is 1.22. The summed E-state index contributed by atoms with van der Waals surface area (Å²) in [6.07, 6.45) is 0. The van der Waals surface area contributed by atoms with Crippen molar-refractivity contribution < 1.29 is 19.2 Å². The summed E-state index contributed by atoms with van der Waals surface area (Å²) in [6, 6.07) is 0. The van der Waals surface area contributed by atoms with Crippen LogP contribution in [0.2, 0.25) is 0 Å². The molecule has 0 bridgehead atoms. The Morgan fingerprint density at radius 3 is 1.38 bits per heavy atom. The van der Waals surface area contributed by atoms with Crippen LogP contribution < -0.4 is 5.84 Å². The van der Waals surface area contributed by atoms with Gasteiger partial charge in [0, 0.05) is 5.29 Å². The van der Waals surface area contributed by atoms with Crippen molar-refractivity contribution in [2.45, 2.75) is 0 Å². The van der Waals surface area contributed by atoms with Crippen molar-refractivity contribution in [3.63, 3.8) is 0 Å². The highest BCUT2D eigenvalue weighted by molar-refractivity contribution is 7.45. The Kier molecular flexibility index (Phi) is 6.11. The van der Waals surface area contributed by atoms with Crippen molar-refractivity contribution in [1.82, 2.24) is 0 Å². The highest BCUT2D eigenvalue weighted by atomic mass is 31.2. The van der Waals surface area contributed by atoms with Crippen molar-refractivity contribution in [3.05, 3.63) is 4.91 Å². The summed E-state index contributed by atoms with van der Waals surface area (Å²) in [5.74, 6) is 3.92. The lowest BCUT2D eigenvalue weighted by Crippen LogP contribution is -1.66. The number of hydrogen-bond acceptors (Lipinski definition) is 3.